The van der Waals surface area contributed by atoms with Gasteiger partial charge in [-0.05, 0) is 34.0 Å². The molecule has 0 aliphatic carbocycles. The number of rotatable bonds is 3. The summed E-state index contributed by atoms with van der Waals surface area (Å²) in [5, 5.41) is 8.62. The van der Waals surface area contributed by atoms with Crippen LogP contribution in [0.15, 0.2) is 29.1 Å². The average Bonchev–Trinajstić information content (AvgIpc) is 2.58. The summed E-state index contributed by atoms with van der Waals surface area (Å²) in [5.74, 6) is -0.789. The summed E-state index contributed by atoms with van der Waals surface area (Å²) in [6, 6.07) is 3.79. The highest BCUT2D eigenvalue weighted by Gasteiger charge is 2.06. The first-order valence-corrected chi connectivity index (χ1v) is 5.30. The number of nitrogens with zero attached hydrogens (tertiary/aromatic N) is 2. The Morgan fingerprint density at radius 2 is 2.40 bits per heavy atom. The van der Waals surface area contributed by atoms with Crippen molar-refractivity contribution in [1.29, 1.82) is 0 Å². The Kier molecular flexibility index (Phi) is 2.73. The largest absolute Gasteiger partial charge is 0.481 e. The fraction of sp³-hybridized carbons (Fsp3) is 0.200. The molecule has 0 aromatic carbocycles. The second kappa shape index (κ2) is 4.02. The first-order valence-electron chi connectivity index (χ1n) is 4.51. The molecule has 2 heterocycles. The molecule has 0 unspecified atom stereocenters. The Hall–Kier alpha value is -1.36. The molecule has 2 aromatic heterocycles. The van der Waals surface area contributed by atoms with Gasteiger partial charge in [-0.25, -0.2) is 4.98 Å². The number of carboxylic acids is 1. The summed E-state index contributed by atoms with van der Waals surface area (Å²) >= 11 is 3.37. The van der Waals surface area contributed by atoms with E-state index in [1.807, 2.05) is 22.7 Å². The molecular weight excluding hydrogens is 260 g/mol. The van der Waals surface area contributed by atoms with E-state index in [9.17, 15) is 4.79 Å². The van der Waals surface area contributed by atoms with Crippen LogP contribution in [0, 0.1) is 0 Å². The van der Waals surface area contributed by atoms with Crippen molar-refractivity contribution in [1.82, 2.24) is 9.38 Å². The van der Waals surface area contributed by atoms with Crippen LogP contribution in [0.2, 0.25) is 0 Å². The third-order valence-electron chi connectivity index (χ3n) is 2.18. The standard InChI is InChI=1S/C10H9BrN2O2/c11-8-6-12-10-7(3-4-9(14)15)2-1-5-13(8)10/h1-2,5-6H,3-4H2,(H,14,15). The molecule has 5 heteroatoms. The molecule has 0 spiro atoms. The predicted molar refractivity (Wildman–Crippen MR) is 58.8 cm³/mol. The maximum absolute atomic E-state index is 10.5. The van der Waals surface area contributed by atoms with Crippen molar-refractivity contribution in [3.05, 3.63) is 34.7 Å². The number of pyridine rings is 1. The minimum atomic E-state index is -0.789. The van der Waals surface area contributed by atoms with Crippen molar-refractivity contribution in [2.24, 2.45) is 0 Å². The van der Waals surface area contributed by atoms with Gasteiger partial charge in [-0.15, -0.1) is 0 Å². The van der Waals surface area contributed by atoms with Gasteiger partial charge in [0.2, 0.25) is 0 Å². The number of aryl methyl sites for hydroxylation is 1. The Morgan fingerprint density at radius 1 is 1.60 bits per heavy atom. The van der Waals surface area contributed by atoms with E-state index in [1.54, 1.807) is 6.20 Å². The molecule has 0 bridgehead atoms. The van der Waals surface area contributed by atoms with Gasteiger partial charge in [0.05, 0.1) is 6.20 Å². The number of aliphatic carboxylic acids is 1. The van der Waals surface area contributed by atoms with Gasteiger partial charge in [-0.1, -0.05) is 6.07 Å². The lowest BCUT2D eigenvalue weighted by Gasteiger charge is -2.01. The zero-order chi connectivity index (χ0) is 10.8. The average molecular weight is 269 g/mol. The Bertz CT molecular complexity index is 507. The van der Waals surface area contributed by atoms with Crippen molar-refractivity contribution < 1.29 is 9.90 Å². The lowest BCUT2D eigenvalue weighted by atomic mass is 10.1. The van der Waals surface area contributed by atoms with Crippen LogP contribution in [-0.2, 0) is 11.2 Å². The lowest BCUT2D eigenvalue weighted by Crippen LogP contribution is -1.99. The summed E-state index contributed by atoms with van der Waals surface area (Å²) in [6.45, 7) is 0. The number of hydrogen-bond acceptors (Lipinski definition) is 2. The first-order chi connectivity index (χ1) is 7.18. The summed E-state index contributed by atoms with van der Waals surface area (Å²) in [4.78, 5) is 14.7. The van der Waals surface area contributed by atoms with Crippen molar-refractivity contribution >= 4 is 27.5 Å². The molecule has 4 nitrogen and oxygen atoms in total. The van der Waals surface area contributed by atoms with Crippen LogP contribution in [0.4, 0.5) is 0 Å². The van der Waals surface area contributed by atoms with Gasteiger partial charge in [0, 0.05) is 12.6 Å². The van der Waals surface area contributed by atoms with Crippen molar-refractivity contribution in [3.8, 4) is 0 Å². The highest BCUT2D eigenvalue weighted by Crippen LogP contribution is 2.17. The predicted octanol–water partition coefficient (Wildman–Crippen LogP) is 2.11. The van der Waals surface area contributed by atoms with Crippen LogP contribution >= 0.6 is 15.9 Å². The quantitative estimate of drug-likeness (QED) is 0.928. The van der Waals surface area contributed by atoms with E-state index < -0.39 is 5.97 Å². The van der Waals surface area contributed by atoms with Crippen LogP contribution < -0.4 is 0 Å². The van der Waals surface area contributed by atoms with Crippen LogP contribution in [-0.4, -0.2) is 20.5 Å². The molecule has 2 aromatic rings. The molecule has 0 atom stereocenters. The van der Waals surface area contributed by atoms with E-state index >= 15 is 0 Å². The lowest BCUT2D eigenvalue weighted by molar-refractivity contribution is -0.136. The molecule has 0 radical (unpaired) electrons. The topological polar surface area (TPSA) is 54.6 Å². The van der Waals surface area contributed by atoms with Crippen molar-refractivity contribution in [2.75, 3.05) is 0 Å². The molecule has 0 saturated heterocycles. The fourth-order valence-electron chi connectivity index (χ4n) is 1.48. The van der Waals surface area contributed by atoms with Crippen LogP contribution in [0.5, 0.6) is 0 Å². The zero-order valence-electron chi connectivity index (χ0n) is 7.85. The van der Waals surface area contributed by atoms with Crippen molar-refractivity contribution in [2.45, 2.75) is 12.8 Å². The second-order valence-corrected chi connectivity index (χ2v) is 4.01. The van der Waals surface area contributed by atoms with E-state index in [0.717, 1.165) is 15.8 Å². The molecule has 0 aliphatic rings. The summed E-state index contributed by atoms with van der Waals surface area (Å²) < 4.78 is 2.76. The molecule has 0 aliphatic heterocycles. The number of halogens is 1. The molecule has 0 fully saturated rings. The van der Waals surface area contributed by atoms with Crippen LogP contribution in [0.25, 0.3) is 5.65 Å². The molecule has 1 N–H and O–H groups in total. The number of imidazole rings is 1. The van der Waals surface area contributed by atoms with E-state index in [-0.39, 0.29) is 6.42 Å². The summed E-state index contributed by atoms with van der Waals surface area (Å²) in [7, 11) is 0. The normalized spacial score (nSPS) is 10.7. The van der Waals surface area contributed by atoms with Crippen LogP contribution in [0.1, 0.15) is 12.0 Å². The number of carbonyl (C=O) groups is 1. The van der Waals surface area contributed by atoms with E-state index in [1.165, 1.54) is 0 Å². The van der Waals surface area contributed by atoms with Gasteiger partial charge in [-0.2, -0.15) is 0 Å². The maximum Gasteiger partial charge on any atom is 0.303 e. The van der Waals surface area contributed by atoms with E-state index in [2.05, 4.69) is 20.9 Å². The number of aromatic nitrogens is 2. The first kappa shape index (κ1) is 10.2. The molecule has 0 amide bonds. The van der Waals surface area contributed by atoms with Gasteiger partial charge in [0.25, 0.3) is 0 Å². The number of fused-ring (bicyclic) bond motifs is 1. The third kappa shape index (κ3) is 2.02. The summed E-state index contributed by atoms with van der Waals surface area (Å²) in [6.07, 6.45) is 4.23. The third-order valence-corrected chi connectivity index (χ3v) is 2.77. The van der Waals surface area contributed by atoms with Gasteiger partial charge in [-0.3, -0.25) is 9.20 Å². The van der Waals surface area contributed by atoms with Crippen molar-refractivity contribution in [3.63, 3.8) is 0 Å². The minimum Gasteiger partial charge on any atom is -0.481 e. The molecule has 0 saturated carbocycles. The van der Waals surface area contributed by atoms with Crippen LogP contribution in [0.3, 0.4) is 0 Å². The van der Waals surface area contributed by atoms with E-state index in [4.69, 9.17) is 5.11 Å². The number of hydrogen-bond donors (Lipinski definition) is 1. The number of carboxylic acid groups (broad SMARTS) is 1. The van der Waals surface area contributed by atoms with Gasteiger partial charge < -0.3 is 5.11 Å². The second-order valence-electron chi connectivity index (χ2n) is 3.20. The highest BCUT2D eigenvalue weighted by molar-refractivity contribution is 9.10. The monoisotopic (exact) mass is 268 g/mol. The highest BCUT2D eigenvalue weighted by atomic mass is 79.9. The Labute approximate surface area is 94.7 Å². The molecule has 2 rings (SSSR count). The molecular formula is C10H9BrN2O2. The summed E-state index contributed by atoms with van der Waals surface area (Å²) in [5.41, 5.74) is 1.76. The van der Waals surface area contributed by atoms with Gasteiger partial charge in [0.1, 0.15) is 10.3 Å². The Morgan fingerprint density at radius 3 is 3.13 bits per heavy atom. The minimum absolute atomic E-state index is 0.129. The zero-order valence-corrected chi connectivity index (χ0v) is 9.44. The fourth-order valence-corrected chi connectivity index (χ4v) is 1.86. The molecule has 15 heavy (non-hydrogen) atoms. The van der Waals surface area contributed by atoms with Gasteiger partial charge >= 0.3 is 5.97 Å². The SMILES string of the molecule is O=C(O)CCc1cccn2c(Br)cnc12. The Balaban J connectivity index is 2.38. The van der Waals surface area contributed by atoms with Gasteiger partial charge in [0.15, 0.2) is 0 Å². The maximum atomic E-state index is 10.5. The molecule has 78 valence electrons. The van der Waals surface area contributed by atoms with E-state index in [0.29, 0.717) is 6.42 Å². The smallest absolute Gasteiger partial charge is 0.303 e.